The van der Waals surface area contributed by atoms with Crippen LogP contribution in [0.1, 0.15) is 79.4 Å². The number of carbonyl (C=O) groups is 1. The highest BCUT2D eigenvalue weighted by Crippen LogP contribution is 2.38. The van der Waals surface area contributed by atoms with Gasteiger partial charge in [0.05, 0.1) is 25.7 Å². The Kier molecular flexibility index (Phi) is 11.9. The number of carbonyl (C=O) groups excluding carboxylic acids is 1. The zero-order valence-electron chi connectivity index (χ0n) is 24.9. The smallest absolute Gasteiger partial charge is 0.308 e. The van der Waals surface area contributed by atoms with Crippen molar-refractivity contribution < 1.29 is 23.4 Å². The van der Waals surface area contributed by atoms with Gasteiger partial charge in [-0.15, -0.1) is 0 Å². The predicted molar refractivity (Wildman–Crippen MR) is 167 cm³/mol. The Bertz CT molecular complexity index is 1040. The molecule has 2 aromatic rings. The van der Waals surface area contributed by atoms with E-state index in [1.807, 2.05) is 33.8 Å². The first-order valence-corrected chi connectivity index (χ1v) is 17.5. The highest BCUT2D eigenvalue weighted by molar-refractivity contribution is 14.1. The Hall–Kier alpha value is -1.42. The summed E-state index contributed by atoms with van der Waals surface area (Å²) in [5.41, 5.74) is 2.62. The first-order valence-electron chi connectivity index (χ1n) is 13.5. The van der Waals surface area contributed by atoms with Crippen molar-refractivity contribution in [1.82, 2.24) is 0 Å². The molecule has 0 saturated carbocycles. The standard InChI is InChI=1S/C31H47IO5Si/c1-11-25(21-29(33)37-30(2,3)4)36-27(18-19-35-38(9,10)31(5,6)7)23-14-17-28(34-8)26(20-23)22-12-15-24(32)16-13-22/h12-17,20,25,27H,11,18-19,21H2,1-10H3. The molecule has 212 valence electrons. The van der Waals surface area contributed by atoms with Crippen LogP contribution in [0.4, 0.5) is 0 Å². The lowest BCUT2D eigenvalue weighted by molar-refractivity contribution is -0.159. The molecule has 0 aliphatic heterocycles. The van der Waals surface area contributed by atoms with Gasteiger partial charge in [0.2, 0.25) is 0 Å². The summed E-state index contributed by atoms with van der Waals surface area (Å²) in [5, 5.41) is 0.129. The maximum Gasteiger partial charge on any atom is 0.308 e. The molecule has 2 aromatic carbocycles. The number of rotatable bonds is 12. The van der Waals surface area contributed by atoms with Crippen LogP contribution in [-0.2, 0) is 18.7 Å². The molecule has 2 unspecified atom stereocenters. The average molecular weight is 655 g/mol. The second-order valence-corrected chi connectivity index (χ2v) is 18.4. The molecular weight excluding hydrogens is 607 g/mol. The highest BCUT2D eigenvalue weighted by Gasteiger charge is 2.37. The van der Waals surface area contributed by atoms with Crippen molar-refractivity contribution in [3.63, 3.8) is 0 Å². The maximum absolute atomic E-state index is 12.6. The van der Waals surface area contributed by atoms with E-state index in [2.05, 4.69) is 92.9 Å². The van der Waals surface area contributed by atoms with Gasteiger partial charge in [0.15, 0.2) is 8.32 Å². The molecule has 0 spiro atoms. The van der Waals surface area contributed by atoms with E-state index in [0.717, 1.165) is 22.4 Å². The van der Waals surface area contributed by atoms with Crippen molar-refractivity contribution in [2.45, 2.75) is 104 Å². The fraction of sp³-hybridized carbons (Fsp3) is 0.581. The average Bonchev–Trinajstić information content (AvgIpc) is 2.81. The highest BCUT2D eigenvalue weighted by atomic mass is 127. The summed E-state index contributed by atoms with van der Waals surface area (Å²) in [6, 6.07) is 14.6. The van der Waals surface area contributed by atoms with E-state index in [4.69, 9.17) is 18.6 Å². The van der Waals surface area contributed by atoms with E-state index in [9.17, 15) is 4.79 Å². The number of benzene rings is 2. The molecule has 0 aliphatic rings. The second-order valence-electron chi connectivity index (χ2n) is 12.3. The van der Waals surface area contributed by atoms with E-state index in [1.165, 1.54) is 3.57 Å². The molecule has 0 fully saturated rings. The Morgan fingerprint density at radius 1 is 1.00 bits per heavy atom. The number of hydrogen-bond donors (Lipinski definition) is 0. The minimum atomic E-state index is -1.91. The Labute approximate surface area is 245 Å². The molecule has 0 bridgehead atoms. The van der Waals surface area contributed by atoms with Crippen molar-refractivity contribution in [1.29, 1.82) is 0 Å². The van der Waals surface area contributed by atoms with Crippen LogP contribution in [-0.4, -0.2) is 39.7 Å². The molecule has 0 heterocycles. The topological polar surface area (TPSA) is 54.0 Å². The summed E-state index contributed by atoms with van der Waals surface area (Å²) in [6.45, 7) is 19.6. The Morgan fingerprint density at radius 3 is 2.16 bits per heavy atom. The summed E-state index contributed by atoms with van der Waals surface area (Å²) in [6.07, 6.45) is 1.12. The van der Waals surface area contributed by atoms with E-state index in [1.54, 1.807) is 7.11 Å². The normalized spacial score (nSPS) is 14.2. The molecule has 7 heteroatoms. The van der Waals surface area contributed by atoms with Gasteiger partial charge >= 0.3 is 5.97 Å². The van der Waals surface area contributed by atoms with Crippen LogP contribution < -0.4 is 4.74 Å². The van der Waals surface area contributed by atoms with Gasteiger partial charge in [0.1, 0.15) is 11.4 Å². The van der Waals surface area contributed by atoms with E-state index in [-0.39, 0.29) is 29.6 Å². The molecule has 0 aliphatic carbocycles. The van der Waals surface area contributed by atoms with Crippen molar-refractivity contribution in [2.75, 3.05) is 13.7 Å². The van der Waals surface area contributed by atoms with Gasteiger partial charge in [0, 0.05) is 15.7 Å². The van der Waals surface area contributed by atoms with E-state index >= 15 is 0 Å². The third-order valence-electron chi connectivity index (χ3n) is 7.03. The molecule has 0 saturated heterocycles. The van der Waals surface area contributed by atoms with Crippen molar-refractivity contribution in [2.24, 2.45) is 0 Å². The lowest BCUT2D eigenvalue weighted by Gasteiger charge is -2.36. The van der Waals surface area contributed by atoms with Gasteiger partial charge in [-0.3, -0.25) is 4.79 Å². The van der Waals surface area contributed by atoms with Crippen LogP contribution in [0, 0.1) is 3.57 Å². The summed E-state index contributed by atoms with van der Waals surface area (Å²) < 4.78 is 25.6. The van der Waals surface area contributed by atoms with Gasteiger partial charge in [-0.05, 0) is 110 Å². The van der Waals surface area contributed by atoms with Crippen LogP contribution in [0.2, 0.25) is 18.1 Å². The van der Waals surface area contributed by atoms with Crippen LogP contribution >= 0.6 is 22.6 Å². The first kappa shape index (κ1) is 32.8. The first-order chi connectivity index (χ1) is 17.6. The zero-order valence-corrected chi connectivity index (χ0v) is 28.1. The molecule has 0 aromatic heterocycles. The van der Waals surface area contributed by atoms with E-state index < -0.39 is 13.9 Å². The second kappa shape index (κ2) is 13.8. The molecule has 0 N–H and O–H groups in total. The van der Waals surface area contributed by atoms with Gasteiger partial charge in [-0.2, -0.15) is 0 Å². The molecule has 38 heavy (non-hydrogen) atoms. The van der Waals surface area contributed by atoms with Crippen LogP contribution in [0.5, 0.6) is 5.75 Å². The van der Waals surface area contributed by atoms with Crippen molar-refractivity contribution in [3.8, 4) is 16.9 Å². The fourth-order valence-corrected chi connectivity index (χ4v) is 5.24. The molecule has 0 amide bonds. The third-order valence-corrected chi connectivity index (χ3v) is 12.3. The zero-order chi connectivity index (χ0) is 28.7. The number of halogens is 1. The SMILES string of the molecule is CCC(CC(=O)OC(C)(C)C)OC(CCO[Si](C)(C)C(C)(C)C)c1ccc(OC)c(-c2ccc(I)cc2)c1. The number of esters is 1. The third kappa shape index (κ3) is 9.95. The minimum absolute atomic E-state index is 0.129. The van der Waals surface area contributed by atoms with Gasteiger partial charge in [0.25, 0.3) is 0 Å². The summed E-state index contributed by atoms with van der Waals surface area (Å²) in [4.78, 5) is 12.6. The maximum atomic E-state index is 12.6. The van der Waals surface area contributed by atoms with Crippen LogP contribution in [0.25, 0.3) is 11.1 Å². The fourth-order valence-electron chi connectivity index (χ4n) is 3.82. The lowest BCUT2D eigenvalue weighted by Crippen LogP contribution is -2.41. The number of hydrogen-bond acceptors (Lipinski definition) is 5. The molecule has 2 rings (SSSR count). The summed E-state index contributed by atoms with van der Waals surface area (Å²) >= 11 is 2.31. The molecule has 0 radical (unpaired) electrons. The van der Waals surface area contributed by atoms with Crippen LogP contribution in [0.15, 0.2) is 42.5 Å². The monoisotopic (exact) mass is 654 g/mol. The number of methoxy groups -OCH3 is 1. The molecular formula is C31H47IO5Si. The Balaban J connectivity index is 2.37. The summed E-state index contributed by atoms with van der Waals surface area (Å²) in [7, 11) is -0.213. The number of ether oxygens (including phenoxy) is 3. The van der Waals surface area contributed by atoms with Crippen molar-refractivity contribution >= 4 is 36.9 Å². The summed E-state index contributed by atoms with van der Waals surface area (Å²) in [5.74, 6) is 0.571. The minimum Gasteiger partial charge on any atom is -0.496 e. The lowest BCUT2D eigenvalue weighted by atomic mass is 9.98. The Morgan fingerprint density at radius 2 is 1.63 bits per heavy atom. The molecule has 2 atom stereocenters. The van der Waals surface area contributed by atoms with E-state index in [0.29, 0.717) is 19.4 Å². The largest absolute Gasteiger partial charge is 0.496 e. The van der Waals surface area contributed by atoms with Gasteiger partial charge in [-0.1, -0.05) is 45.9 Å². The van der Waals surface area contributed by atoms with Crippen LogP contribution in [0.3, 0.4) is 0 Å². The van der Waals surface area contributed by atoms with Gasteiger partial charge < -0.3 is 18.6 Å². The predicted octanol–water partition coefficient (Wildman–Crippen LogP) is 8.95. The van der Waals surface area contributed by atoms with Gasteiger partial charge in [-0.25, -0.2) is 0 Å². The quantitative estimate of drug-likeness (QED) is 0.130. The van der Waals surface area contributed by atoms with Crippen molar-refractivity contribution in [3.05, 3.63) is 51.6 Å². The molecule has 5 nitrogen and oxygen atoms in total.